The van der Waals surface area contributed by atoms with Gasteiger partial charge in [-0.25, -0.2) is 9.67 Å². The first-order valence-electron chi connectivity index (χ1n) is 10.6. The van der Waals surface area contributed by atoms with E-state index in [0.29, 0.717) is 5.56 Å². The Kier molecular flexibility index (Phi) is 5.87. The highest BCUT2D eigenvalue weighted by atomic mass is 32.2. The molecule has 5 nitrogen and oxygen atoms in total. The van der Waals surface area contributed by atoms with Gasteiger partial charge in [0.25, 0.3) is 5.91 Å². The van der Waals surface area contributed by atoms with E-state index in [-0.39, 0.29) is 23.4 Å². The minimum absolute atomic E-state index is 0.105. The Bertz CT molecular complexity index is 1340. The monoisotopic (exact) mass is 480 g/mol. The molecule has 0 bridgehead atoms. The van der Waals surface area contributed by atoms with E-state index < -0.39 is 17.6 Å². The largest absolute Gasteiger partial charge is 0.416 e. The number of nitrogens with zero attached hydrogens (tertiary/aromatic N) is 3. The lowest BCUT2D eigenvalue weighted by Gasteiger charge is -2.25. The van der Waals surface area contributed by atoms with Gasteiger partial charge in [0.05, 0.1) is 17.3 Å². The van der Waals surface area contributed by atoms with Crippen LogP contribution in [0, 0.1) is 0 Å². The van der Waals surface area contributed by atoms with E-state index in [2.05, 4.69) is 15.4 Å². The molecule has 1 unspecified atom stereocenters. The Balaban J connectivity index is 1.53. The first kappa shape index (κ1) is 22.2. The molecule has 34 heavy (non-hydrogen) atoms. The smallest absolute Gasteiger partial charge is 0.342 e. The lowest BCUT2D eigenvalue weighted by atomic mass is 10.0. The maximum Gasteiger partial charge on any atom is 0.416 e. The second kappa shape index (κ2) is 8.98. The molecule has 172 valence electrons. The van der Waals surface area contributed by atoms with Crippen LogP contribution in [0.1, 0.15) is 34.2 Å². The van der Waals surface area contributed by atoms with E-state index >= 15 is 0 Å². The molecule has 0 saturated heterocycles. The normalized spacial score (nSPS) is 15.6. The molecule has 2 heterocycles. The van der Waals surface area contributed by atoms with Crippen molar-refractivity contribution in [3.8, 4) is 17.1 Å². The summed E-state index contributed by atoms with van der Waals surface area (Å²) in [6.07, 6.45) is -3.75. The number of aromatic nitrogens is 3. The Hall–Kier alpha value is -3.59. The molecule has 1 aliphatic rings. The second-order valence-electron chi connectivity index (χ2n) is 7.79. The Morgan fingerprint density at radius 3 is 2.56 bits per heavy atom. The average molecular weight is 481 g/mol. The highest BCUT2D eigenvalue weighted by molar-refractivity contribution is 7.99. The van der Waals surface area contributed by atoms with Crippen LogP contribution in [-0.2, 0) is 6.18 Å². The molecule has 1 atom stereocenters. The molecule has 0 fully saturated rings. The van der Waals surface area contributed by atoms with E-state index in [0.717, 1.165) is 34.8 Å². The van der Waals surface area contributed by atoms with Gasteiger partial charge in [-0.2, -0.15) is 13.2 Å². The SMILES string of the molecule is O=C(NC1CCSc2ccccc21)c1nc(-c2ccccc2)n(-c2cccc(C(F)(F)F)c2)n1. The van der Waals surface area contributed by atoms with Crippen LogP contribution >= 0.6 is 11.8 Å². The zero-order valence-electron chi connectivity index (χ0n) is 17.8. The van der Waals surface area contributed by atoms with E-state index in [1.165, 1.54) is 16.8 Å². The van der Waals surface area contributed by atoms with Crippen molar-refractivity contribution in [2.45, 2.75) is 23.5 Å². The lowest BCUT2D eigenvalue weighted by Crippen LogP contribution is -2.31. The van der Waals surface area contributed by atoms with Crippen LogP contribution < -0.4 is 5.32 Å². The van der Waals surface area contributed by atoms with E-state index in [1.54, 1.807) is 36.0 Å². The van der Waals surface area contributed by atoms with Gasteiger partial charge in [-0.1, -0.05) is 54.6 Å². The summed E-state index contributed by atoms with van der Waals surface area (Å²) < 4.78 is 41.2. The number of alkyl halides is 3. The Labute approximate surface area is 198 Å². The van der Waals surface area contributed by atoms with Crippen LogP contribution in [0.4, 0.5) is 13.2 Å². The molecule has 0 spiro atoms. The van der Waals surface area contributed by atoms with Gasteiger partial charge in [-0.3, -0.25) is 4.79 Å². The van der Waals surface area contributed by atoms with E-state index in [4.69, 9.17) is 0 Å². The molecule has 1 aliphatic heterocycles. The van der Waals surface area contributed by atoms with Gasteiger partial charge >= 0.3 is 6.18 Å². The summed E-state index contributed by atoms with van der Waals surface area (Å²) >= 11 is 1.74. The number of benzene rings is 3. The molecule has 0 radical (unpaired) electrons. The quantitative estimate of drug-likeness (QED) is 0.394. The third-order valence-electron chi connectivity index (χ3n) is 5.52. The molecule has 0 aliphatic carbocycles. The molecular formula is C25H19F3N4OS. The van der Waals surface area contributed by atoms with Crippen molar-refractivity contribution in [1.29, 1.82) is 0 Å². The van der Waals surface area contributed by atoms with Crippen molar-refractivity contribution in [2.75, 3.05) is 5.75 Å². The molecule has 1 N–H and O–H groups in total. The summed E-state index contributed by atoms with van der Waals surface area (Å²) in [5.41, 5.74) is 1.03. The van der Waals surface area contributed by atoms with Crippen LogP contribution in [0.15, 0.2) is 83.8 Å². The zero-order valence-corrected chi connectivity index (χ0v) is 18.6. The summed E-state index contributed by atoms with van der Waals surface area (Å²) in [5, 5.41) is 7.32. The van der Waals surface area contributed by atoms with Crippen molar-refractivity contribution in [3.05, 3.63) is 95.8 Å². The number of amides is 1. The van der Waals surface area contributed by atoms with Crippen LogP contribution in [0.5, 0.6) is 0 Å². The molecule has 5 rings (SSSR count). The topological polar surface area (TPSA) is 59.8 Å². The Morgan fingerprint density at radius 1 is 1.00 bits per heavy atom. The third-order valence-corrected chi connectivity index (χ3v) is 6.65. The van der Waals surface area contributed by atoms with Crippen LogP contribution in [0.25, 0.3) is 17.1 Å². The number of rotatable bonds is 4. The number of thioether (sulfide) groups is 1. The molecule has 9 heteroatoms. The maximum absolute atomic E-state index is 13.3. The summed E-state index contributed by atoms with van der Waals surface area (Å²) in [4.78, 5) is 18.7. The van der Waals surface area contributed by atoms with Gasteiger partial charge in [0.2, 0.25) is 5.82 Å². The highest BCUT2D eigenvalue weighted by Gasteiger charge is 2.31. The number of carbonyl (C=O) groups is 1. The number of halogens is 3. The standard InChI is InChI=1S/C25H19F3N4OS/c26-25(27,28)17-9-6-10-18(15-17)32-23(16-7-2-1-3-8-16)30-22(31-32)24(33)29-20-13-14-34-21-12-5-4-11-19(20)21/h1-12,15,20H,13-14H2,(H,29,33). The van der Waals surface area contributed by atoms with Crippen LogP contribution in [0.2, 0.25) is 0 Å². The fraction of sp³-hybridized carbons (Fsp3) is 0.160. The van der Waals surface area contributed by atoms with Crippen LogP contribution in [0.3, 0.4) is 0 Å². The van der Waals surface area contributed by atoms with Crippen molar-refractivity contribution in [1.82, 2.24) is 20.1 Å². The number of hydrogen-bond donors (Lipinski definition) is 1. The fourth-order valence-corrected chi connectivity index (χ4v) is 5.02. The first-order valence-corrected chi connectivity index (χ1v) is 11.6. The predicted molar refractivity (Wildman–Crippen MR) is 124 cm³/mol. The Morgan fingerprint density at radius 2 is 1.76 bits per heavy atom. The maximum atomic E-state index is 13.3. The fourth-order valence-electron chi connectivity index (χ4n) is 3.89. The molecule has 1 aromatic heterocycles. The van der Waals surface area contributed by atoms with Crippen molar-refractivity contribution in [2.24, 2.45) is 0 Å². The molecule has 0 saturated carbocycles. The van der Waals surface area contributed by atoms with Gasteiger partial charge < -0.3 is 5.32 Å². The number of carbonyl (C=O) groups excluding carboxylic acids is 1. The molecule has 1 amide bonds. The van der Waals surface area contributed by atoms with Gasteiger partial charge in [-0.05, 0) is 36.2 Å². The van der Waals surface area contributed by atoms with Gasteiger partial charge in [0.15, 0.2) is 5.82 Å². The summed E-state index contributed by atoms with van der Waals surface area (Å²) in [7, 11) is 0. The molecule has 4 aromatic rings. The predicted octanol–water partition coefficient (Wildman–Crippen LogP) is 5.92. The molecular weight excluding hydrogens is 461 g/mol. The van der Waals surface area contributed by atoms with Crippen molar-refractivity contribution < 1.29 is 18.0 Å². The van der Waals surface area contributed by atoms with Crippen molar-refractivity contribution >= 4 is 17.7 Å². The number of fused-ring (bicyclic) bond motifs is 1. The number of hydrogen-bond acceptors (Lipinski definition) is 4. The first-order chi connectivity index (χ1) is 16.4. The highest BCUT2D eigenvalue weighted by Crippen LogP contribution is 2.36. The zero-order chi connectivity index (χ0) is 23.7. The summed E-state index contributed by atoms with van der Waals surface area (Å²) in [6.45, 7) is 0. The number of nitrogens with one attached hydrogen (secondary N) is 1. The van der Waals surface area contributed by atoms with E-state index in [1.807, 2.05) is 30.3 Å². The molecule has 3 aromatic carbocycles. The van der Waals surface area contributed by atoms with Gasteiger partial charge in [-0.15, -0.1) is 16.9 Å². The van der Waals surface area contributed by atoms with Crippen LogP contribution in [-0.4, -0.2) is 26.4 Å². The lowest BCUT2D eigenvalue weighted by molar-refractivity contribution is -0.137. The van der Waals surface area contributed by atoms with Gasteiger partial charge in [0.1, 0.15) is 0 Å². The second-order valence-corrected chi connectivity index (χ2v) is 8.92. The third kappa shape index (κ3) is 4.43. The summed E-state index contributed by atoms with van der Waals surface area (Å²) in [6, 6.07) is 21.4. The van der Waals surface area contributed by atoms with E-state index in [9.17, 15) is 18.0 Å². The average Bonchev–Trinajstić information content (AvgIpc) is 3.30. The minimum Gasteiger partial charge on any atom is -0.342 e. The minimum atomic E-state index is -4.50. The van der Waals surface area contributed by atoms with Gasteiger partial charge in [0, 0.05) is 16.2 Å². The van der Waals surface area contributed by atoms with Crippen molar-refractivity contribution in [3.63, 3.8) is 0 Å². The summed E-state index contributed by atoms with van der Waals surface area (Å²) in [5.74, 6) is 0.565.